The molecule has 0 radical (unpaired) electrons. The van der Waals surface area contributed by atoms with Gasteiger partial charge in [-0.2, -0.15) is 19.6 Å². The highest BCUT2D eigenvalue weighted by Gasteiger charge is 2.54. The minimum absolute atomic E-state index is 0.203. The Balaban J connectivity index is 1.66. The number of hydrogen-bond acceptors (Lipinski definition) is 10. The Morgan fingerprint density at radius 3 is 2.00 bits per heavy atom. The van der Waals surface area contributed by atoms with Crippen LogP contribution in [0.4, 0.5) is 0 Å². The lowest BCUT2D eigenvalue weighted by molar-refractivity contribution is -0.652. The first kappa shape index (κ1) is 26.2. The standard InChI is InChI=1S/C26H27NO10/c1-25(2)34-36-26(37-35-25)15-20(23(28)29)22(24(30)33-19-12-10-18(32-4)11-13-19)27-21(26)14-7-16-5-8-17(31-3)9-6-16/h5-14,21,27H,15H2,1-4H3,(H,28,29)/b14-7+. The van der Waals surface area contributed by atoms with Crippen LogP contribution in [0.1, 0.15) is 25.8 Å². The zero-order chi connectivity index (χ0) is 26.6. The second-order valence-electron chi connectivity index (χ2n) is 8.70. The molecule has 37 heavy (non-hydrogen) atoms. The Hall–Kier alpha value is -3.90. The molecule has 2 aliphatic rings. The van der Waals surface area contributed by atoms with E-state index in [9.17, 15) is 14.7 Å². The molecule has 11 nitrogen and oxygen atoms in total. The molecule has 1 spiro atoms. The molecular formula is C26H27NO10. The van der Waals surface area contributed by atoms with Crippen molar-refractivity contribution in [1.29, 1.82) is 0 Å². The van der Waals surface area contributed by atoms with Crippen LogP contribution < -0.4 is 19.5 Å². The van der Waals surface area contributed by atoms with Crippen LogP contribution in [0.25, 0.3) is 6.08 Å². The number of esters is 1. The molecule has 2 aromatic rings. The van der Waals surface area contributed by atoms with Gasteiger partial charge in [0, 0.05) is 6.42 Å². The predicted molar refractivity (Wildman–Crippen MR) is 128 cm³/mol. The molecule has 1 fully saturated rings. The van der Waals surface area contributed by atoms with Crippen LogP contribution in [0.2, 0.25) is 0 Å². The maximum Gasteiger partial charge on any atom is 0.360 e. The minimum Gasteiger partial charge on any atom is -0.497 e. The third kappa shape index (κ3) is 5.92. The monoisotopic (exact) mass is 513 g/mol. The number of carbonyl (C=O) groups is 2. The third-order valence-electron chi connectivity index (χ3n) is 5.59. The number of ether oxygens (including phenoxy) is 3. The number of carboxylic acid groups (broad SMARTS) is 1. The second-order valence-corrected chi connectivity index (χ2v) is 8.70. The summed E-state index contributed by atoms with van der Waals surface area (Å²) in [5, 5.41) is 12.8. The molecule has 2 aromatic carbocycles. The Morgan fingerprint density at radius 2 is 1.46 bits per heavy atom. The lowest BCUT2D eigenvalue weighted by Gasteiger charge is -2.45. The van der Waals surface area contributed by atoms with Crippen molar-refractivity contribution in [3.63, 3.8) is 0 Å². The highest BCUT2D eigenvalue weighted by Crippen LogP contribution is 2.40. The number of methoxy groups -OCH3 is 2. The van der Waals surface area contributed by atoms with Crippen LogP contribution in [0.15, 0.2) is 65.9 Å². The van der Waals surface area contributed by atoms with E-state index in [0.29, 0.717) is 11.5 Å². The summed E-state index contributed by atoms with van der Waals surface area (Å²) in [6.45, 7) is 3.12. The van der Waals surface area contributed by atoms with Gasteiger partial charge in [-0.25, -0.2) is 9.59 Å². The van der Waals surface area contributed by atoms with Gasteiger partial charge in [0.15, 0.2) is 0 Å². The lowest BCUT2D eigenvalue weighted by Crippen LogP contribution is -2.62. The fraction of sp³-hybridized carbons (Fsp3) is 0.308. The van der Waals surface area contributed by atoms with E-state index in [-0.39, 0.29) is 17.0 Å². The fourth-order valence-electron chi connectivity index (χ4n) is 3.61. The second kappa shape index (κ2) is 10.6. The first-order valence-corrected chi connectivity index (χ1v) is 11.3. The van der Waals surface area contributed by atoms with Gasteiger partial charge in [0.05, 0.1) is 19.8 Å². The summed E-state index contributed by atoms with van der Waals surface area (Å²) in [6.07, 6.45) is 2.99. The maximum absolute atomic E-state index is 13.1. The summed E-state index contributed by atoms with van der Waals surface area (Å²) in [7, 11) is 3.08. The van der Waals surface area contributed by atoms with Crippen molar-refractivity contribution in [3.05, 3.63) is 71.4 Å². The number of hydrogen-bond donors (Lipinski definition) is 2. The SMILES string of the molecule is COc1ccc(/C=C/C2NC(C(=O)Oc3ccc(OC)cc3)=C(C(=O)O)CC23OOC(C)(C)OO3)cc1. The Morgan fingerprint density at radius 1 is 0.919 bits per heavy atom. The van der Waals surface area contributed by atoms with Crippen LogP contribution >= 0.6 is 0 Å². The highest BCUT2D eigenvalue weighted by atomic mass is 17.4. The highest BCUT2D eigenvalue weighted by molar-refractivity contribution is 6.00. The molecule has 0 aliphatic carbocycles. The molecule has 196 valence electrons. The number of nitrogens with one attached hydrogen (secondary N) is 1. The fourth-order valence-corrected chi connectivity index (χ4v) is 3.61. The first-order chi connectivity index (χ1) is 17.6. The van der Waals surface area contributed by atoms with E-state index < -0.39 is 36.0 Å². The maximum atomic E-state index is 13.1. The molecule has 2 heterocycles. The van der Waals surface area contributed by atoms with Gasteiger partial charge in [0.25, 0.3) is 5.79 Å². The summed E-state index contributed by atoms with van der Waals surface area (Å²) in [5.74, 6) is -3.81. The van der Waals surface area contributed by atoms with E-state index >= 15 is 0 Å². The van der Waals surface area contributed by atoms with Gasteiger partial charge in [-0.15, -0.1) is 0 Å². The minimum atomic E-state index is -1.75. The summed E-state index contributed by atoms with van der Waals surface area (Å²) in [5.41, 5.74) is 0.195. The van der Waals surface area contributed by atoms with Gasteiger partial charge in [-0.05, 0) is 55.8 Å². The Kier molecular flexibility index (Phi) is 7.50. The van der Waals surface area contributed by atoms with E-state index in [0.717, 1.165) is 5.56 Å². The number of carboxylic acids is 1. The van der Waals surface area contributed by atoms with Crippen LogP contribution in [0, 0.1) is 0 Å². The van der Waals surface area contributed by atoms with Crippen LogP contribution in [-0.4, -0.2) is 48.9 Å². The summed E-state index contributed by atoms with van der Waals surface area (Å²) < 4.78 is 15.7. The van der Waals surface area contributed by atoms with Gasteiger partial charge in [0.1, 0.15) is 29.0 Å². The van der Waals surface area contributed by atoms with E-state index in [2.05, 4.69) is 5.32 Å². The van der Waals surface area contributed by atoms with E-state index in [4.69, 9.17) is 33.8 Å². The van der Waals surface area contributed by atoms with Crippen molar-refractivity contribution in [2.45, 2.75) is 37.9 Å². The molecule has 1 saturated heterocycles. The molecule has 11 heteroatoms. The molecule has 0 aromatic heterocycles. The molecule has 0 bridgehead atoms. The van der Waals surface area contributed by atoms with Gasteiger partial charge in [-0.3, -0.25) is 0 Å². The average Bonchev–Trinajstić information content (AvgIpc) is 2.90. The molecule has 1 atom stereocenters. The van der Waals surface area contributed by atoms with Gasteiger partial charge < -0.3 is 24.6 Å². The third-order valence-corrected chi connectivity index (χ3v) is 5.59. The summed E-state index contributed by atoms with van der Waals surface area (Å²) in [6, 6.07) is 12.6. The van der Waals surface area contributed by atoms with Crippen LogP contribution in [-0.2, 0) is 29.1 Å². The number of aliphatic carboxylic acids is 1. The number of rotatable bonds is 7. The van der Waals surface area contributed by atoms with Crippen molar-refractivity contribution >= 4 is 18.0 Å². The van der Waals surface area contributed by atoms with Crippen molar-refractivity contribution in [2.24, 2.45) is 0 Å². The van der Waals surface area contributed by atoms with Crippen molar-refractivity contribution in [2.75, 3.05) is 14.2 Å². The first-order valence-electron chi connectivity index (χ1n) is 11.3. The van der Waals surface area contributed by atoms with Crippen molar-refractivity contribution in [3.8, 4) is 17.2 Å². The summed E-state index contributed by atoms with van der Waals surface area (Å²) >= 11 is 0. The number of benzene rings is 2. The van der Waals surface area contributed by atoms with Crippen LogP contribution in [0.3, 0.4) is 0 Å². The zero-order valence-corrected chi connectivity index (χ0v) is 20.7. The summed E-state index contributed by atoms with van der Waals surface area (Å²) in [4.78, 5) is 47.0. The largest absolute Gasteiger partial charge is 0.497 e. The predicted octanol–water partition coefficient (Wildman–Crippen LogP) is 3.37. The number of carbonyl (C=O) groups excluding carboxylic acids is 1. The molecule has 0 amide bonds. The Bertz CT molecular complexity index is 1190. The smallest absolute Gasteiger partial charge is 0.360 e. The van der Waals surface area contributed by atoms with E-state index in [1.165, 1.54) is 19.2 Å². The van der Waals surface area contributed by atoms with Gasteiger partial charge in [0.2, 0.25) is 5.79 Å². The Labute approximate surface area is 213 Å². The van der Waals surface area contributed by atoms with Gasteiger partial charge in [-0.1, -0.05) is 24.3 Å². The van der Waals surface area contributed by atoms with Gasteiger partial charge >= 0.3 is 11.9 Å². The van der Waals surface area contributed by atoms with Crippen molar-refractivity contribution in [1.82, 2.24) is 5.32 Å². The molecule has 2 aliphatic heterocycles. The molecule has 0 saturated carbocycles. The van der Waals surface area contributed by atoms with Crippen LogP contribution in [0.5, 0.6) is 17.2 Å². The van der Waals surface area contributed by atoms with Crippen molar-refractivity contribution < 1.29 is 48.5 Å². The zero-order valence-electron chi connectivity index (χ0n) is 20.7. The van der Waals surface area contributed by atoms with E-state index in [1.54, 1.807) is 57.4 Å². The molecule has 4 rings (SSSR count). The average molecular weight is 513 g/mol. The van der Waals surface area contributed by atoms with E-state index in [1.807, 2.05) is 12.1 Å². The molecule has 2 N–H and O–H groups in total. The normalized spacial score (nSPS) is 20.4. The lowest BCUT2D eigenvalue weighted by atomic mass is 9.91. The quantitative estimate of drug-likeness (QED) is 0.321. The molecule has 1 unspecified atom stereocenters. The topological polar surface area (TPSA) is 131 Å². The molecular weight excluding hydrogens is 486 g/mol.